The molecule has 27 heavy (non-hydrogen) atoms. The van der Waals surface area contributed by atoms with Crippen LogP contribution < -0.4 is 10.1 Å². The van der Waals surface area contributed by atoms with Crippen molar-refractivity contribution in [3.8, 4) is 5.75 Å². The van der Waals surface area contributed by atoms with E-state index in [0.29, 0.717) is 26.1 Å². The van der Waals surface area contributed by atoms with Gasteiger partial charge in [0.05, 0.1) is 18.2 Å². The standard InChI is InChI=1S/C20H32N2O4S/c1-5-27(24,25)22-13-6-7-16(15-22)19(23)21-12-14-26-18-10-8-17(9-11-18)20(2,3)4/h8-11,16H,5-7,12-15H2,1-4H3,(H,21,23)/t16-/m0/s1. The molecule has 1 aliphatic heterocycles. The molecule has 7 heteroatoms. The molecule has 1 atom stereocenters. The molecule has 1 saturated heterocycles. The van der Waals surface area contributed by atoms with Crippen LogP contribution in [0.3, 0.4) is 0 Å². The summed E-state index contributed by atoms with van der Waals surface area (Å²) in [6.07, 6.45) is 1.44. The Balaban J connectivity index is 1.76. The van der Waals surface area contributed by atoms with Gasteiger partial charge >= 0.3 is 0 Å². The molecule has 1 aliphatic rings. The molecular formula is C20H32N2O4S. The molecule has 0 radical (unpaired) electrons. The molecule has 1 heterocycles. The average molecular weight is 397 g/mol. The summed E-state index contributed by atoms with van der Waals surface area (Å²) in [7, 11) is -3.23. The fourth-order valence-electron chi connectivity index (χ4n) is 3.13. The van der Waals surface area contributed by atoms with Gasteiger partial charge < -0.3 is 10.1 Å². The lowest BCUT2D eigenvalue weighted by Gasteiger charge is -2.30. The number of carbonyl (C=O) groups excluding carboxylic acids is 1. The van der Waals surface area contributed by atoms with E-state index >= 15 is 0 Å². The van der Waals surface area contributed by atoms with Crippen molar-refractivity contribution in [1.29, 1.82) is 0 Å². The van der Waals surface area contributed by atoms with Gasteiger partial charge in [-0.2, -0.15) is 0 Å². The maximum atomic E-state index is 12.3. The molecule has 1 N–H and O–H groups in total. The van der Waals surface area contributed by atoms with Crippen LogP contribution >= 0.6 is 0 Å². The zero-order valence-electron chi connectivity index (χ0n) is 16.8. The van der Waals surface area contributed by atoms with E-state index in [2.05, 4.69) is 38.2 Å². The highest BCUT2D eigenvalue weighted by Crippen LogP contribution is 2.24. The Morgan fingerprint density at radius 1 is 1.26 bits per heavy atom. The number of rotatable bonds is 7. The fourth-order valence-corrected chi connectivity index (χ4v) is 4.31. The highest BCUT2D eigenvalue weighted by atomic mass is 32.2. The van der Waals surface area contributed by atoms with E-state index in [4.69, 9.17) is 4.74 Å². The lowest BCUT2D eigenvalue weighted by atomic mass is 9.87. The number of hydrogen-bond acceptors (Lipinski definition) is 4. The maximum Gasteiger partial charge on any atom is 0.224 e. The minimum Gasteiger partial charge on any atom is -0.492 e. The highest BCUT2D eigenvalue weighted by molar-refractivity contribution is 7.89. The first-order valence-electron chi connectivity index (χ1n) is 9.62. The molecule has 0 aromatic heterocycles. The molecule has 1 fully saturated rings. The van der Waals surface area contributed by atoms with Crippen molar-refractivity contribution >= 4 is 15.9 Å². The number of nitrogens with zero attached hydrogens (tertiary/aromatic N) is 1. The first-order valence-corrected chi connectivity index (χ1v) is 11.2. The Morgan fingerprint density at radius 2 is 1.93 bits per heavy atom. The molecule has 0 unspecified atom stereocenters. The number of ether oxygens (including phenoxy) is 1. The molecule has 2 rings (SSSR count). The second kappa shape index (κ2) is 9.06. The Hall–Kier alpha value is -1.60. The second-order valence-electron chi connectivity index (χ2n) is 8.01. The number of benzene rings is 1. The summed E-state index contributed by atoms with van der Waals surface area (Å²) in [4.78, 5) is 12.3. The first kappa shape index (κ1) is 21.7. The van der Waals surface area contributed by atoms with Gasteiger partial charge in [0.25, 0.3) is 0 Å². The van der Waals surface area contributed by atoms with Crippen LogP contribution in [-0.2, 0) is 20.2 Å². The largest absolute Gasteiger partial charge is 0.492 e. The van der Waals surface area contributed by atoms with Crippen LogP contribution in [0, 0.1) is 5.92 Å². The van der Waals surface area contributed by atoms with E-state index in [1.54, 1.807) is 6.92 Å². The van der Waals surface area contributed by atoms with E-state index in [9.17, 15) is 13.2 Å². The average Bonchev–Trinajstić information content (AvgIpc) is 2.65. The van der Waals surface area contributed by atoms with Crippen molar-refractivity contribution in [2.75, 3.05) is 32.0 Å². The third-order valence-electron chi connectivity index (χ3n) is 4.90. The van der Waals surface area contributed by atoms with E-state index in [0.717, 1.165) is 12.2 Å². The van der Waals surface area contributed by atoms with Crippen molar-refractivity contribution in [1.82, 2.24) is 9.62 Å². The Bertz CT molecular complexity index is 723. The molecule has 1 amide bonds. The van der Waals surface area contributed by atoms with Crippen LogP contribution in [0.5, 0.6) is 5.75 Å². The number of nitrogens with one attached hydrogen (secondary N) is 1. The summed E-state index contributed by atoms with van der Waals surface area (Å²) in [5.41, 5.74) is 1.35. The van der Waals surface area contributed by atoms with E-state index in [1.165, 1.54) is 9.87 Å². The molecular weight excluding hydrogens is 364 g/mol. The summed E-state index contributed by atoms with van der Waals surface area (Å²) in [5.74, 6) is 0.461. The fraction of sp³-hybridized carbons (Fsp3) is 0.650. The van der Waals surface area contributed by atoms with Crippen LogP contribution in [0.15, 0.2) is 24.3 Å². The number of piperidine rings is 1. The predicted molar refractivity (Wildman–Crippen MR) is 107 cm³/mol. The molecule has 6 nitrogen and oxygen atoms in total. The zero-order valence-corrected chi connectivity index (χ0v) is 17.6. The molecule has 152 valence electrons. The van der Waals surface area contributed by atoms with Gasteiger partial charge in [0.1, 0.15) is 12.4 Å². The summed E-state index contributed by atoms with van der Waals surface area (Å²) >= 11 is 0. The van der Waals surface area contributed by atoms with Crippen LogP contribution in [0.1, 0.15) is 46.1 Å². The van der Waals surface area contributed by atoms with Crippen molar-refractivity contribution in [3.63, 3.8) is 0 Å². The normalized spacial score (nSPS) is 18.9. The Kier molecular flexibility index (Phi) is 7.28. The topological polar surface area (TPSA) is 75.7 Å². The number of carbonyl (C=O) groups is 1. The van der Waals surface area contributed by atoms with Crippen molar-refractivity contribution < 1.29 is 17.9 Å². The van der Waals surface area contributed by atoms with Gasteiger partial charge in [0.15, 0.2) is 0 Å². The van der Waals surface area contributed by atoms with E-state index < -0.39 is 10.0 Å². The molecule has 1 aromatic rings. The number of sulfonamides is 1. The zero-order chi connectivity index (χ0) is 20.1. The van der Waals surface area contributed by atoms with Crippen molar-refractivity contribution in [3.05, 3.63) is 29.8 Å². The SMILES string of the molecule is CCS(=O)(=O)N1CCC[C@H](C(=O)NCCOc2ccc(C(C)(C)C)cc2)C1. The van der Waals surface area contributed by atoms with Gasteiger partial charge in [-0.1, -0.05) is 32.9 Å². The summed E-state index contributed by atoms with van der Waals surface area (Å²) in [6.45, 7) is 9.68. The minimum absolute atomic E-state index is 0.0726. The van der Waals surface area contributed by atoms with Gasteiger partial charge in [0.2, 0.25) is 15.9 Å². The predicted octanol–water partition coefficient (Wildman–Crippen LogP) is 2.54. The first-order chi connectivity index (χ1) is 12.6. The number of hydrogen-bond donors (Lipinski definition) is 1. The minimum atomic E-state index is -3.23. The van der Waals surface area contributed by atoms with Crippen LogP contribution in [0.2, 0.25) is 0 Å². The Labute approximate surface area is 163 Å². The van der Waals surface area contributed by atoms with E-state index in [1.807, 2.05) is 12.1 Å². The quantitative estimate of drug-likeness (QED) is 0.719. The Morgan fingerprint density at radius 3 is 2.52 bits per heavy atom. The third kappa shape index (κ3) is 6.21. The van der Waals surface area contributed by atoms with Crippen LogP contribution in [0.25, 0.3) is 0 Å². The summed E-state index contributed by atoms with van der Waals surface area (Å²) in [6, 6.07) is 7.99. The summed E-state index contributed by atoms with van der Waals surface area (Å²) < 4.78 is 31.1. The van der Waals surface area contributed by atoms with Crippen molar-refractivity contribution in [2.24, 2.45) is 5.92 Å². The molecule has 0 bridgehead atoms. The number of amides is 1. The van der Waals surface area contributed by atoms with Gasteiger partial charge in [-0.05, 0) is 42.9 Å². The second-order valence-corrected chi connectivity index (χ2v) is 10.3. The molecule has 1 aromatic carbocycles. The maximum absolute atomic E-state index is 12.3. The van der Waals surface area contributed by atoms with Gasteiger partial charge in [0, 0.05) is 13.1 Å². The smallest absolute Gasteiger partial charge is 0.224 e. The molecule has 0 aliphatic carbocycles. The monoisotopic (exact) mass is 396 g/mol. The van der Waals surface area contributed by atoms with Gasteiger partial charge in [-0.25, -0.2) is 12.7 Å². The van der Waals surface area contributed by atoms with Gasteiger partial charge in [-0.15, -0.1) is 0 Å². The summed E-state index contributed by atoms with van der Waals surface area (Å²) in [5, 5.41) is 2.86. The van der Waals surface area contributed by atoms with Crippen LogP contribution in [-0.4, -0.2) is 50.6 Å². The van der Waals surface area contributed by atoms with Crippen molar-refractivity contribution in [2.45, 2.75) is 46.0 Å². The van der Waals surface area contributed by atoms with Gasteiger partial charge in [-0.3, -0.25) is 4.79 Å². The highest BCUT2D eigenvalue weighted by Gasteiger charge is 2.31. The van der Waals surface area contributed by atoms with Crippen LogP contribution in [0.4, 0.5) is 0 Å². The third-order valence-corrected chi connectivity index (χ3v) is 6.75. The lowest BCUT2D eigenvalue weighted by molar-refractivity contribution is -0.126. The molecule has 0 saturated carbocycles. The van der Waals surface area contributed by atoms with E-state index in [-0.39, 0.29) is 29.5 Å². The molecule has 0 spiro atoms. The lowest BCUT2D eigenvalue weighted by Crippen LogP contribution is -2.46.